The van der Waals surface area contributed by atoms with Gasteiger partial charge in [0.2, 0.25) is 11.8 Å². The number of ether oxygens (including phenoxy) is 1. The van der Waals surface area contributed by atoms with Gasteiger partial charge in [0, 0.05) is 38.8 Å². The number of nitrogens with zero attached hydrogens (tertiary/aromatic N) is 1. The van der Waals surface area contributed by atoms with E-state index >= 15 is 0 Å². The van der Waals surface area contributed by atoms with Crippen LogP contribution in [0.5, 0.6) is 0 Å². The number of piperidine rings is 1. The van der Waals surface area contributed by atoms with E-state index in [1.807, 2.05) is 0 Å². The number of hydrogen-bond acceptors (Lipinski definition) is 4. The predicted molar refractivity (Wildman–Crippen MR) is 99.1 cm³/mol. The van der Waals surface area contributed by atoms with Crippen LogP contribution in [0.25, 0.3) is 0 Å². The molecule has 3 N–H and O–H groups in total. The Morgan fingerprint density at radius 3 is 2.41 bits per heavy atom. The third-order valence-electron chi connectivity index (χ3n) is 5.62. The maximum Gasteiger partial charge on any atom is 0.239 e. The number of hydrogen-bond donors (Lipinski definition) is 2. The van der Waals surface area contributed by atoms with Gasteiger partial charge >= 0.3 is 0 Å². The molecule has 0 radical (unpaired) electrons. The van der Waals surface area contributed by atoms with E-state index in [2.05, 4.69) is 5.32 Å². The van der Waals surface area contributed by atoms with E-state index in [0.29, 0.717) is 45.7 Å². The quantitative estimate of drug-likeness (QED) is 0.813. The average Bonchev–Trinajstić information content (AvgIpc) is 2.73. The van der Waals surface area contributed by atoms with Gasteiger partial charge in [-0.2, -0.15) is 0 Å². The number of carbonyl (C=O) groups excluding carboxylic acids is 2. The molecule has 2 saturated heterocycles. The van der Waals surface area contributed by atoms with Crippen LogP contribution in [0.2, 0.25) is 0 Å². The van der Waals surface area contributed by atoms with Gasteiger partial charge < -0.3 is 20.7 Å². The van der Waals surface area contributed by atoms with Gasteiger partial charge in [-0.05, 0) is 49.3 Å². The van der Waals surface area contributed by atoms with Crippen LogP contribution in [-0.4, -0.2) is 49.1 Å². The molecule has 2 aliphatic rings. The molecule has 7 heteroatoms. The Labute approximate surface area is 159 Å². The highest BCUT2D eigenvalue weighted by Crippen LogP contribution is 2.22. The van der Waals surface area contributed by atoms with Gasteiger partial charge in [-0.15, -0.1) is 0 Å². The molecule has 1 aromatic carbocycles. The van der Waals surface area contributed by atoms with Gasteiger partial charge in [-0.3, -0.25) is 9.59 Å². The van der Waals surface area contributed by atoms with Crippen LogP contribution in [0.4, 0.5) is 4.39 Å². The van der Waals surface area contributed by atoms with E-state index in [4.69, 9.17) is 10.5 Å². The van der Waals surface area contributed by atoms with Crippen molar-refractivity contribution < 1.29 is 18.7 Å². The molecule has 1 atom stereocenters. The van der Waals surface area contributed by atoms with Crippen molar-refractivity contribution in [3.63, 3.8) is 0 Å². The van der Waals surface area contributed by atoms with Crippen molar-refractivity contribution in [1.82, 2.24) is 10.2 Å². The molecule has 27 heavy (non-hydrogen) atoms. The normalized spacial score (nSPS) is 20.3. The average molecular weight is 377 g/mol. The molecule has 148 valence electrons. The summed E-state index contributed by atoms with van der Waals surface area (Å²) in [6, 6.07) is 5.61. The zero-order valence-corrected chi connectivity index (χ0v) is 15.5. The fourth-order valence-electron chi connectivity index (χ4n) is 3.79. The zero-order chi connectivity index (χ0) is 19.2. The Hall–Kier alpha value is -1.99. The largest absolute Gasteiger partial charge is 0.381 e. The van der Waals surface area contributed by atoms with Crippen molar-refractivity contribution in [1.29, 1.82) is 0 Å². The molecule has 2 fully saturated rings. The summed E-state index contributed by atoms with van der Waals surface area (Å²) >= 11 is 0. The van der Waals surface area contributed by atoms with Gasteiger partial charge in [0.15, 0.2) is 0 Å². The van der Waals surface area contributed by atoms with Gasteiger partial charge in [0.1, 0.15) is 5.82 Å². The number of likely N-dealkylation sites (tertiary alicyclic amines) is 1. The third kappa shape index (κ3) is 5.26. The first-order valence-electron chi connectivity index (χ1n) is 9.69. The summed E-state index contributed by atoms with van der Waals surface area (Å²) in [7, 11) is 0. The SMILES string of the molecule is NC(C(=O)N1CCC(C(=O)NCc2ccc(F)cc2)CC1)C1CCOCC1. The lowest BCUT2D eigenvalue weighted by molar-refractivity contribution is -0.138. The first-order chi connectivity index (χ1) is 13.0. The number of amides is 2. The first-order valence-corrected chi connectivity index (χ1v) is 9.69. The molecule has 2 aliphatic heterocycles. The van der Waals surface area contributed by atoms with Crippen molar-refractivity contribution in [2.75, 3.05) is 26.3 Å². The maximum absolute atomic E-state index is 12.9. The Kier molecular flexibility index (Phi) is 6.79. The van der Waals surface area contributed by atoms with Crippen LogP contribution in [-0.2, 0) is 20.9 Å². The van der Waals surface area contributed by atoms with Gasteiger partial charge in [0.05, 0.1) is 6.04 Å². The summed E-state index contributed by atoms with van der Waals surface area (Å²) in [5.74, 6) is -0.231. The second kappa shape index (κ2) is 9.28. The summed E-state index contributed by atoms with van der Waals surface area (Å²) in [6.45, 7) is 2.84. The van der Waals surface area contributed by atoms with Crippen LogP contribution in [0, 0.1) is 17.7 Å². The van der Waals surface area contributed by atoms with E-state index in [-0.39, 0.29) is 29.5 Å². The zero-order valence-electron chi connectivity index (χ0n) is 15.5. The lowest BCUT2D eigenvalue weighted by atomic mass is 9.90. The molecule has 0 bridgehead atoms. The van der Waals surface area contributed by atoms with Crippen molar-refractivity contribution >= 4 is 11.8 Å². The molecule has 0 spiro atoms. The van der Waals surface area contributed by atoms with Crippen molar-refractivity contribution in [3.8, 4) is 0 Å². The number of carbonyl (C=O) groups is 2. The number of rotatable bonds is 5. The van der Waals surface area contributed by atoms with Crippen molar-refractivity contribution in [2.45, 2.75) is 38.3 Å². The fourth-order valence-corrected chi connectivity index (χ4v) is 3.79. The first kappa shape index (κ1) is 19.8. The minimum absolute atomic E-state index is 0.00734. The minimum Gasteiger partial charge on any atom is -0.381 e. The second-order valence-electron chi connectivity index (χ2n) is 7.42. The lowest BCUT2D eigenvalue weighted by Gasteiger charge is -2.35. The topological polar surface area (TPSA) is 84.7 Å². The highest BCUT2D eigenvalue weighted by atomic mass is 19.1. The number of halogens is 1. The van der Waals surface area contributed by atoms with E-state index in [0.717, 1.165) is 18.4 Å². The van der Waals surface area contributed by atoms with E-state index in [1.165, 1.54) is 12.1 Å². The van der Waals surface area contributed by atoms with E-state index < -0.39 is 6.04 Å². The number of nitrogens with one attached hydrogen (secondary N) is 1. The highest BCUT2D eigenvalue weighted by molar-refractivity contribution is 5.83. The molecule has 1 aromatic rings. The summed E-state index contributed by atoms with van der Waals surface area (Å²) < 4.78 is 18.3. The maximum atomic E-state index is 12.9. The van der Waals surface area contributed by atoms with Crippen LogP contribution >= 0.6 is 0 Å². The van der Waals surface area contributed by atoms with Gasteiger partial charge in [-0.1, -0.05) is 12.1 Å². The van der Waals surface area contributed by atoms with Crippen molar-refractivity contribution in [3.05, 3.63) is 35.6 Å². The second-order valence-corrected chi connectivity index (χ2v) is 7.42. The molecule has 3 rings (SSSR count). The summed E-state index contributed by atoms with van der Waals surface area (Å²) in [5.41, 5.74) is 7.05. The Morgan fingerprint density at radius 1 is 1.15 bits per heavy atom. The fraction of sp³-hybridized carbons (Fsp3) is 0.600. The Morgan fingerprint density at radius 2 is 1.78 bits per heavy atom. The Bertz CT molecular complexity index is 638. The Balaban J connectivity index is 1.42. The van der Waals surface area contributed by atoms with Crippen LogP contribution in [0.3, 0.4) is 0 Å². The van der Waals surface area contributed by atoms with E-state index in [9.17, 15) is 14.0 Å². The predicted octanol–water partition coefficient (Wildman–Crippen LogP) is 1.43. The van der Waals surface area contributed by atoms with E-state index in [1.54, 1.807) is 17.0 Å². The molecule has 0 aromatic heterocycles. The van der Waals surface area contributed by atoms with Crippen LogP contribution < -0.4 is 11.1 Å². The molecule has 0 saturated carbocycles. The number of nitrogens with two attached hydrogens (primary N) is 1. The summed E-state index contributed by atoms with van der Waals surface area (Å²) in [5, 5.41) is 2.90. The third-order valence-corrected chi connectivity index (χ3v) is 5.62. The molecule has 2 amide bonds. The smallest absolute Gasteiger partial charge is 0.239 e. The molecular formula is C20H28FN3O3. The van der Waals surface area contributed by atoms with Crippen LogP contribution in [0.15, 0.2) is 24.3 Å². The highest BCUT2D eigenvalue weighted by Gasteiger charge is 2.33. The lowest BCUT2D eigenvalue weighted by Crippen LogP contribution is -2.52. The van der Waals surface area contributed by atoms with Crippen LogP contribution in [0.1, 0.15) is 31.2 Å². The molecule has 2 heterocycles. The molecule has 6 nitrogen and oxygen atoms in total. The summed E-state index contributed by atoms with van der Waals surface area (Å²) in [6.07, 6.45) is 2.94. The summed E-state index contributed by atoms with van der Waals surface area (Å²) in [4.78, 5) is 26.8. The van der Waals surface area contributed by atoms with Gasteiger partial charge in [-0.25, -0.2) is 4.39 Å². The molecular weight excluding hydrogens is 349 g/mol. The van der Waals surface area contributed by atoms with Crippen molar-refractivity contribution in [2.24, 2.45) is 17.6 Å². The van der Waals surface area contributed by atoms with Gasteiger partial charge in [0.25, 0.3) is 0 Å². The molecule has 1 unspecified atom stereocenters. The standard InChI is InChI=1S/C20H28FN3O3/c21-17-3-1-14(2-4-17)13-23-19(25)16-5-9-24(10-6-16)20(26)18(22)15-7-11-27-12-8-15/h1-4,15-16,18H,5-13,22H2,(H,23,25). The monoisotopic (exact) mass is 377 g/mol. The molecule has 0 aliphatic carbocycles. The minimum atomic E-state index is -0.474. The number of benzene rings is 1.